The Morgan fingerprint density at radius 3 is 2.72 bits per heavy atom. The van der Waals surface area contributed by atoms with E-state index in [1.54, 1.807) is 14.0 Å². The molecule has 1 aromatic carbocycles. The van der Waals surface area contributed by atoms with Crippen LogP contribution in [0.3, 0.4) is 0 Å². The van der Waals surface area contributed by atoms with Gasteiger partial charge in [-0.05, 0) is 24.6 Å². The van der Waals surface area contributed by atoms with Crippen molar-refractivity contribution in [1.82, 2.24) is 10.1 Å². The van der Waals surface area contributed by atoms with Gasteiger partial charge in [-0.25, -0.2) is 0 Å². The number of hydrogen-bond acceptors (Lipinski definition) is 5. The largest absolute Gasteiger partial charge is 0.493 e. The first-order valence-electron chi connectivity index (χ1n) is 5.86. The molecule has 5 heteroatoms. The first-order chi connectivity index (χ1) is 8.74. The summed E-state index contributed by atoms with van der Waals surface area (Å²) in [7, 11) is 1.61. The molecular formula is C13H16N2O3. The predicted molar refractivity (Wildman–Crippen MR) is 66.8 cm³/mol. The SMILES string of the molecule is CCCOc1ccc(-c2noc(C)n2)cc1OC. The van der Waals surface area contributed by atoms with Crippen molar-refractivity contribution < 1.29 is 14.0 Å². The van der Waals surface area contributed by atoms with Crippen molar-refractivity contribution >= 4 is 0 Å². The van der Waals surface area contributed by atoms with Gasteiger partial charge in [-0.1, -0.05) is 12.1 Å². The third-order valence-corrected chi connectivity index (χ3v) is 2.41. The van der Waals surface area contributed by atoms with Gasteiger partial charge in [0, 0.05) is 12.5 Å². The topological polar surface area (TPSA) is 57.4 Å². The number of ether oxygens (including phenoxy) is 2. The number of hydrogen-bond donors (Lipinski definition) is 0. The molecule has 2 rings (SSSR count). The second-order valence-corrected chi connectivity index (χ2v) is 3.85. The maximum absolute atomic E-state index is 5.58. The highest BCUT2D eigenvalue weighted by molar-refractivity contribution is 5.60. The van der Waals surface area contributed by atoms with Crippen molar-refractivity contribution in [2.24, 2.45) is 0 Å². The van der Waals surface area contributed by atoms with Crippen LogP contribution in [-0.2, 0) is 0 Å². The van der Waals surface area contributed by atoms with Crippen molar-refractivity contribution in [3.63, 3.8) is 0 Å². The van der Waals surface area contributed by atoms with Crippen molar-refractivity contribution in [1.29, 1.82) is 0 Å². The summed E-state index contributed by atoms with van der Waals surface area (Å²) in [5.41, 5.74) is 0.840. The van der Waals surface area contributed by atoms with Crippen LogP contribution >= 0.6 is 0 Å². The minimum Gasteiger partial charge on any atom is -0.493 e. The molecule has 1 heterocycles. The Hall–Kier alpha value is -2.04. The van der Waals surface area contributed by atoms with Crippen LogP contribution in [0.15, 0.2) is 22.7 Å². The van der Waals surface area contributed by atoms with Crippen molar-refractivity contribution in [3.05, 3.63) is 24.1 Å². The van der Waals surface area contributed by atoms with Crippen LogP contribution in [-0.4, -0.2) is 23.9 Å². The first kappa shape index (κ1) is 12.4. The number of methoxy groups -OCH3 is 1. The maximum atomic E-state index is 5.58. The zero-order chi connectivity index (χ0) is 13.0. The molecule has 0 N–H and O–H groups in total. The minimum absolute atomic E-state index is 0.537. The Balaban J connectivity index is 2.29. The Morgan fingerprint density at radius 1 is 1.28 bits per heavy atom. The van der Waals surface area contributed by atoms with E-state index in [2.05, 4.69) is 17.1 Å². The second kappa shape index (κ2) is 5.53. The number of aromatic nitrogens is 2. The van der Waals surface area contributed by atoms with Crippen molar-refractivity contribution in [2.75, 3.05) is 13.7 Å². The number of nitrogens with zero attached hydrogens (tertiary/aromatic N) is 2. The van der Waals surface area contributed by atoms with Crippen LogP contribution in [0.4, 0.5) is 0 Å². The highest BCUT2D eigenvalue weighted by Gasteiger charge is 2.10. The predicted octanol–water partition coefficient (Wildman–Crippen LogP) is 2.84. The van der Waals surface area contributed by atoms with Crippen molar-refractivity contribution in [2.45, 2.75) is 20.3 Å². The lowest BCUT2D eigenvalue weighted by Crippen LogP contribution is -1.98. The van der Waals surface area contributed by atoms with Crippen LogP contribution in [0.5, 0.6) is 11.5 Å². The monoisotopic (exact) mass is 248 g/mol. The zero-order valence-electron chi connectivity index (χ0n) is 10.8. The molecule has 1 aromatic heterocycles. The van der Waals surface area contributed by atoms with Crippen molar-refractivity contribution in [3.8, 4) is 22.9 Å². The molecule has 0 aliphatic heterocycles. The molecule has 0 aliphatic carbocycles. The van der Waals surface area contributed by atoms with E-state index in [1.807, 2.05) is 18.2 Å². The van der Waals surface area contributed by atoms with Gasteiger partial charge < -0.3 is 14.0 Å². The molecule has 0 saturated carbocycles. The highest BCUT2D eigenvalue weighted by atomic mass is 16.5. The molecule has 0 radical (unpaired) electrons. The maximum Gasteiger partial charge on any atom is 0.223 e. The molecule has 0 saturated heterocycles. The third-order valence-electron chi connectivity index (χ3n) is 2.41. The van der Waals surface area contributed by atoms with E-state index in [4.69, 9.17) is 14.0 Å². The average Bonchev–Trinajstić information content (AvgIpc) is 2.83. The van der Waals surface area contributed by atoms with Gasteiger partial charge >= 0.3 is 0 Å². The molecule has 5 nitrogen and oxygen atoms in total. The Kier molecular flexibility index (Phi) is 3.82. The smallest absolute Gasteiger partial charge is 0.223 e. The van der Waals surface area contributed by atoms with E-state index in [0.29, 0.717) is 24.1 Å². The fraction of sp³-hybridized carbons (Fsp3) is 0.385. The molecule has 0 amide bonds. The summed E-state index contributed by atoms with van der Waals surface area (Å²) in [6.45, 7) is 4.48. The van der Waals surface area contributed by atoms with Gasteiger partial charge in [-0.15, -0.1) is 0 Å². The number of rotatable bonds is 5. The van der Waals surface area contributed by atoms with Crippen LogP contribution in [0.25, 0.3) is 11.4 Å². The average molecular weight is 248 g/mol. The van der Waals surface area contributed by atoms with Crippen LogP contribution in [0.1, 0.15) is 19.2 Å². The summed E-state index contributed by atoms with van der Waals surface area (Å²) < 4.78 is 15.8. The van der Waals surface area contributed by atoms with E-state index in [9.17, 15) is 0 Å². The summed E-state index contributed by atoms with van der Waals surface area (Å²) >= 11 is 0. The summed E-state index contributed by atoms with van der Waals surface area (Å²) in [4.78, 5) is 4.17. The molecule has 0 atom stereocenters. The van der Waals surface area contributed by atoms with E-state index in [1.165, 1.54) is 0 Å². The summed E-state index contributed by atoms with van der Waals surface area (Å²) in [5, 5.41) is 3.87. The lowest BCUT2D eigenvalue weighted by atomic mass is 10.2. The molecular weight excluding hydrogens is 232 g/mol. The third kappa shape index (κ3) is 2.61. The van der Waals surface area contributed by atoms with Gasteiger partial charge in [0.05, 0.1) is 13.7 Å². The molecule has 0 unspecified atom stereocenters. The van der Waals surface area contributed by atoms with Gasteiger partial charge in [0.1, 0.15) is 0 Å². The van der Waals surface area contributed by atoms with Gasteiger partial charge in [0.2, 0.25) is 11.7 Å². The zero-order valence-corrected chi connectivity index (χ0v) is 10.8. The Morgan fingerprint density at radius 2 is 2.11 bits per heavy atom. The molecule has 18 heavy (non-hydrogen) atoms. The second-order valence-electron chi connectivity index (χ2n) is 3.85. The van der Waals surface area contributed by atoms with Crippen LogP contribution < -0.4 is 9.47 Å². The number of aryl methyl sites for hydroxylation is 1. The summed E-state index contributed by atoms with van der Waals surface area (Å²) in [6, 6.07) is 5.59. The Bertz CT molecular complexity index is 523. The molecule has 0 bridgehead atoms. The highest BCUT2D eigenvalue weighted by Crippen LogP contribution is 2.31. The van der Waals surface area contributed by atoms with E-state index >= 15 is 0 Å². The molecule has 2 aromatic rings. The molecule has 0 spiro atoms. The van der Waals surface area contributed by atoms with Gasteiger partial charge in [0.15, 0.2) is 11.5 Å². The summed E-state index contributed by atoms with van der Waals surface area (Å²) in [6.07, 6.45) is 0.953. The van der Waals surface area contributed by atoms with Crippen LogP contribution in [0, 0.1) is 6.92 Å². The Labute approximate surface area is 106 Å². The fourth-order valence-corrected chi connectivity index (χ4v) is 1.55. The van der Waals surface area contributed by atoms with E-state index in [-0.39, 0.29) is 0 Å². The van der Waals surface area contributed by atoms with E-state index < -0.39 is 0 Å². The summed E-state index contributed by atoms with van der Waals surface area (Å²) in [5.74, 6) is 2.48. The lowest BCUT2D eigenvalue weighted by molar-refractivity contribution is 0.294. The normalized spacial score (nSPS) is 10.4. The van der Waals surface area contributed by atoms with Crippen LogP contribution in [0.2, 0.25) is 0 Å². The van der Waals surface area contributed by atoms with Gasteiger partial charge in [-0.3, -0.25) is 0 Å². The quantitative estimate of drug-likeness (QED) is 0.814. The number of benzene rings is 1. The first-order valence-corrected chi connectivity index (χ1v) is 5.86. The molecule has 96 valence electrons. The van der Waals surface area contributed by atoms with E-state index in [0.717, 1.165) is 17.7 Å². The molecule has 0 aliphatic rings. The lowest BCUT2D eigenvalue weighted by Gasteiger charge is -2.10. The fourth-order valence-electron chi connectivity index (χ4n) is 1.55. The van der Waals surface area contributed by atoms with Gasteiger partial charge in [-0.2, -0.15) is 4.98 Å². The standard InChI is InChI=1S/C13H16N2O3/c1-4-7-17-11-6-5-10(8-12(11)16-3)13-14-9(2)18-15-13/h5-6,8H,4,7H2,1-3H3. The minimum atomic E-state index is 0.537. The molecule has 0 fully saturated rings. The van der Waals surface area contributed by atoms with Gasteiger partial charge in [0.25, 0.3) is 0 Å².